The lowest BCUT2D eigenvalue weighted by Gasteiger charge is -2.26. The maximum Gasteiger partial charge on any atom is 0.295 e. The molecule has 1 aliphatic heterocycles. The molecule has 5 rings (SSSR count). The summed E-state index contributed by atoms with van der Waals surface area (Å²) in [6, 6.07) is 15.2. The highest BCUT2D eigenvalue weighted by atomic mass is 79.9. The molecule has 0 saturated carbocycles. The monoisotopic (exact) mass is 497 g/mol. The molecule has 0 aliphatic carbocycles. The van der Waals surface area contributed by atoms with Crippen LogP contribution < -0.4 is 10.3 Å². The predicted octanol–water partition coefficient (Wildman–Crippen LogP) is 6.41. The van der Waals surface area contributed by atoms with Gasteiger partial charge in [-0.2, -0.15) is 0 Å². The van der Waals surface area contributed by atoms with E-state index in [2.05, 4.69) is 15.9 Å². The first-order chi connectivity index (χ1) is 14.9. The highest BCUT2D eigenvalue weighted by molar-refractivity contribution is 9.10. The van der Waals surface area contributed by atoms with Gasteiger partial charge in [0.1, 0.15) is 11.4 Å². The number of hydrogen-bond acceptors (Lipinski definition) is 3. The minimum atomic E-state index is -0.984. The third-order valence-electron chi connectivity index (χ3n) is 5.47. The average Bonchev–Trinajstić information content (AvgIpc) is 3.04. The van der Waals surface area contributed by atoms with Crippen LogP contribution in [0.5, 0.6) is 0 Å². The number of carbonyl (C=O) groups excluding carboxylic acids is 1. The molecular formula is C24H14BrClFNO3. The Balaban J connectivity index is 1.85. The topological polar surface area (TPSA) is 50.5 Å². The fourth-order valence-electron chi connectivity index (χ4n) is 3.93. The van der Waals surface area contributed by atoms with Crippen LogP contribution in [0.1, 0.15) is 33.3 Å². The Hall–Kier alpha value is -2.96. The molecule has 1 atom stereocenters. The van der Waals surface area contributed by atoms with E-state index in [0.717, 1.165) is 5.56 Å². The van der Waals surface area contributed by atoms with Crippen molar-refractivity contribution < 1.29 is 13.6 Å². The van der Waals surface area contributed by atoms with Crippen molar-refractivity contribution in [2.24, 2.45) is 0 Å². The molecule has 0 saturated heterocycles. The summed E-state index contributed by atoms with van der Waals surface area (Å²) in [5, 5.41) is 0.771. The third-order valence-corrected chi connectivity index (χ3v) is 6.37. The molecule has 3 aromatic carbocycles. The Morgan fingerprint density at radius 3 is 2.58 bits per heavy atom. The maximum atomic E-state index is 14.9. The fraction of sp³-hybridized carbons (Fsp3) is 0.0833. The van der Waals surface area contributed by atoms with Gasteiger partial charge in [-0.15, -0.1) is 0 Å². The average molecular weight is 499 g/mol. The van der Waals surface area contributed by atoms with Crippen molar-refractivity contribution in [2.75, 3.05) is 4.90 Å². The van der Waals surface area contributed by atoms with Crippen molar-refractivity contribution in [1.82, 2.24) is 0 Å². The molecule has 0 radical (unpaired) electrons. The number of fused-ring (bicyclic) bond motifs is 2. The predicted molar refractivity (Wildman–Crippen MR) is 121 cm³/mol. The SMILES string of the molecule is Cc1ccc(N2C(=O)c3oc4ccc(Br)cc4c(=O)c3C2c2ccccc2F)cc1Cl. The first-order valence-electron chi connectivity index (χ1n) is 9.47. The largest absolute Gasteiger partial charge is 0.450 e. The Labute approximate surface area is 190 Å². The summed E-state index contributed by atoms with van der Waals surface area (Å²) in [7, 11) is 0. The highest BCUT2D eigenvalue weighted by Gasteiger charge is 2.44. The normalized spacial score (nSPS) is 15.5. The smallest absolute Gasteiger partial charge is 0.295 e. The van der Waals surface area contributed by atoms with Crippen LogP contribution in [0.2, 0.25) is 5.02 Å². The molecule has 31 heavy (non-hydrogen) atoms. The second-order valence-electron chi connectivity index (χ2n) is 7.35. The number of hydrogen-bond donors (Lipinski definition) is 0. The summed E-state index contributed by atoms with van der Waals surface area (Å²) in [5.41, 5.74) is 1.51. The number of nitrogens with zero attached hydrogens (tertiary/aromatic N) is 1. The van der Waals surface area contributed by atoms with E-state index < -0.39 is 17.8 Å². The number of halogens is 3. The van der Waals surface area contributed by atoms with Crippen LogP contribution in [0, 0.1) is 12.7 Å². The van der Waals surface area contributed by atoms with E-state index in [1.807, 2.05) is 6.92 Å². The van der Waals surface area contributed by atoms with E-state index in [1.165, 1.54) is 11.0 Å². The summed E-state index contributed by atoms with van der Waals surface area (Å²) in [5.74, 6) is -1.14. The molecule has 1 aliphatic rings. The van der Waals surface area contributed by atoms with Gasteiger partial charge in [0.05, 0.1) is 17.0 Å². The lowest BCUT2D eigenvalue weighted by atomic mass is 9.97. The minimum absolute atomic E-state index is 0.0928. The van der Waals surface area contributed by atoms with E-state index in [0.29, 0.717) is 20.6 Å². The van der Waals surface area contributed by atoms with Gasteiger partial charge < -0.3 is 4.42 Å². The van der Waals surface area contributed by atoms with Gasteiger partial charge in [-0.3, -0.25) is 14.5 Å². The standard InChI is InChI=1S/C24H14BrClFNO3/c1-12-6-8-14(11-17(12)26)28-21(15-4-2-3-5-18(15)27)20-22(29)16-10-13(25)7-9-19(16)31-23(20)24(28)30/h2-11,21H,1H3. The van der Waals surface area contributed by atoms with Crippen LogP contribution in [0.3, 0.4) is 0 Å². The highest BCUT2D eigenvalue weighted by Crippen LogP contribution is 2.42. The number of rotatable bonds is 2. The molecule has 4 nitrogen and oxygen atoms in total. The maximum absolute atomic E-state index is 14.9. The molecular weight excluding hydrogens is 485 g/mol. The molecule has 1 amide bonds. The molecule has 0 N–H and O–H groups in total. The molecule has 2 heterocycles. The summed E-state index contributed by atoms with van der Waals surface area (Å²) < 4.78 is 21.5. The Kier molecular flexibility index (Phi) is 4.72. The van der Waals surface area contributed by atoms with Gasteiger partial charge in [0.25, 0.3) is 5.91 Å². The lowest BCUT2D eigenvalue weighted by Crippen LogP contribution is -2.30. The van der Waals surface area contributed by atoms with Crippen LogP contribution in [-0.2, 0) is 0 Å². The molecule has 7 heteroatoms. The van der Waals surface area contributed by atoms with E-state index >= 15 is 0 Å². The van der Waals surface area contributed by atoms with Gasteiger partial charge >= 0.3 is 0 Å². The molecule has 1 unspecified atom stereocenters. The van der Waals surface area contributed by atoms with Gasteiger partial charge in [-0.05, 0) is 48.9 Å². The van der Waals surface area contributed by atoms with Crippen LogP contribution in [-0.4, -0.2) is 5.91 Å². The zero-order valence-electron chi connectivity index (χ0n) is 16.2. The first kappa shape index (κ1) is 20.0. The van der Waals surface area contributed by atoms with Crippen molar-refractivity contribution in [3.63, 3.8) is 0 Å². The number of anilines is 1. The molecule has 1 aromatic heterocycles. The second-order valence-corrected chi connectivity index (χ2v) is 8.67. The Morgan fingerprint density at radius 2 is 1.84 bits per heavy atom. The quantitative estimate of drug-likeness (QED) is 0.321. The van der Waals surface area contributed by atoms with Gasteiger partial charge in [-0.25, -0.2) is 4.39 Å². The van der Waals surface area contributed by atoms with Crippen molar-refractivity contribution in [2.45, 2.75) is 13.0 Å². The lowest BCUT2D eigenvalue weighted by molar-refractivity contribution is 0.0971. The number of benzene rings is 3. The molecule has 0 bridgehead atoms. The second kappa shape index (κ2) is 7.32. The third kappa shape index (κ3) is 3.09. The van der Waals surface area contributed by atoms with E-state index in [1.54, 1.807) is 54.6 Å². The zero-order chi connectivity index (χ0) is 21.9. The van der Waals surface area contributed by atoms with Gasteiger partial charge in [0.2, 0.25) is 5.76 Å². The summed E-state index contributed by atoms with van der Waals surface area (Å²) in [4.78, 5) is 28.3. The molecule has 0 spiro atoms. The Bertz CT molecular complexity index is 1450. The minimum Gasteiger partial charge on any atom is -0.450 e. The van der Waals surface area contributed by atoms with E-state index in [4.69, 9.17) is 16.0 Å². The fourth-order valence-corrected chi connectivity index (χ4v) is 4.47. The van der Waals surface area contributed by atoms with Crippen molar-refractivity contribution in [1.29, 1.82) is 0 Å². The van der Waals surface area contributed by atoms with Gasteiger partial charge in [-0.1, -0.05) is 51.8 Å². The first-order valence-corrected chi connectivity index (χ1v) is 10.6. The van der Waals surface area contributed by atoms with Crippen molar-refractivity contribution in [3.8, 4) is 0 Å². The number of aryl methyl sites for hydroxylation is 1. The molecule has 4 aromatic rings. The van der Waals surface area contributed by atoms with E-state index in [-0.39, 0.29) is 27.9 Å². The van der Waals surface area contributed by atoms with Crippen LogP contribution in [0.25, 0.3) is 11.0 Å². The summed E-state index contributed by atoms with van der Waals surface area (Å²) in [6.45, 7) is 1.84. The Morgan fingerprint density at radius 1 is 1.06 bits per heavy atom. The number of amides is 1. The van der Waals surface area contributed by atoms with Gasteiger partial charge in [0.15, 0.2) is 5.43 Å². The zero-order valence-corrected chi connectivity index (χ0v) is 18.5. The number of carbonyl (C=O) groups is 1. The van der Waals surface area contributed by atoms with E-state index in [9.17, 15) is 14.0 Å². The van der Waals surface area contributed by atoms with Crippen molar-refractivity contribution >= 4 is 50.1 Å². The van der Waals surface area contributed by atoms with Gasteiger partial charge in [0, 0.05) is 20.7 Å². The van der Waals surface area contributed by atoms with Crippen LogP contribution >= 0.6 is 27.5 Å². The summed E-state index contributed by atoms with van der Waals surface area (Å²) >= 11 is 9.67. The van der Waals surface area contributed by atoms with Crippen molar-refractivity contribution in [3.05, 3.63) is 109 Å². The molecule has 0 fully saturated rings. The van der Waals surface area contributed by atoms with Crippen LogP contribution in [0.4, 0.5) is 10.1 Å². The van der Waals surface area contributed by atoms with Crippen LogP contribution in [0.15, 0.2) is 74.3 Å². The summed E-state index contributed by atoms with van der Waals surface area (Å²) in [6.07, 6.45) is 0. The molecule has 154 valence electrons.